The number of methoxy groups -OCH3 is 1. The number of aryl methyl sites for hydroxylation is 1. The number of nitrogens with zero attached hydrogens (tertiary/aromatic N) is 2. The van der Waals surface area contributed by atoms with E-state index in [2.05, 4.69) is 15.2 Å². The molecule has 0 spiro atoms. The topological polar surface area (TPSA) is 56.1 Å². The highest BCUT2D eigenvalue weighted by molar-refractivity contribution is 5.69. The minimum Gasteiger partial charge on any atom is -0.469 e. The van der Waals surface area contributed by atoms with Crippen LogP contribution < -0.4 is 5.32 Å². The highest BCUT2D eigenvalue weighted by Gasteiger charge is 2.07. The van der Waals surface area contributed by atoms with E-state index in [4.69, 9.17) is 0 Å². The third-order valence-corrected chi connectivity index (χ3v) is 2.30. The fourth-order valence-corrected chi connectivity index (χ4v) is 1.42. The van der Waals surface area contributed by atoms with Gasteiger partial charge < -0.3 is 10.1 Å². The normalized spacial score (nSPS) is 12.4. The number of hydrogen-bond donors (Lipinski definition) is 1. The fraction of sp³-hybridized carbons (Fsp3) is 0.636. The van der Waals surface area contributed by atoms with Crippen molar-refractivity contribution in [3.05, 3.63) is 18.0 Å². The smallest absolute Gasteiger partial charge is 0.307 e. The molecule has 1 N–H and O–H groups in total. The summed E-state index contributed by atoms with van der Waals surface area (Å²) in [5.41, 5.74) is 1.16. The van der Waals surface area contributed by atoms with Gasteiger partial charge in [-0.25, -0.2) is 0 Å². The Bertz CT molecular complexity index is 336. The van der Waals surface area contributed by atoms with E-state index in [1.807, 2.05) is 30.9 Å². The zero-order chi connectivity index (χ0) is 12.0. The summed E-state index contributed by atoms with van der Waals surface area (Å²) >= 11 is 0. The first kappa shape index (κ1) is 12.7. The lowest BCUT2D eigenvalue weighted by Gasteiger charge is -2.12. The first-order chi connectivity index (χ1) is 7.61. The van der Waals surface area contributed by atoms with Crippen LogP contribution in [0.25, 0.3) is 0 Å². The molecule has 16 heavy (non-hydrogen) atoms. The van der Waals surface area contributed by atoms with Gasteiger partial charge in [-0.1, -0.05) is 0 Å². The van der Waals surface area contributed by atoms with Crippen molar-refractivity contribution >= 4 is 5.97 Å². The van der Waals surface area contributed by atoms with E-state index in [0.717, 1.165) is 18.7 Å². The maximum absolute atomic E-state index is 11.0. The fourth-order valence-electron chi connectivity index (χ4n) is 1.42. The number of ether oxygens (including phenoxy) is 1. The van der Waals surface area contributed by atoms with Crippen LogP contribution in [0.4, 0.5) is 0 Å². The molecule has 0 saturated heterocycles. The monoisotopic (exact) mass is 225 g/mol. The number of rotatable bonds is 6. The molecule has 5 nitrogen and oxygen atoms in total. The minimum absolute atomic E-state index is 0.129. The molecule has 1 unspecified atom stereocenters. The van der Waals surface area contributed by atoms with Crippen LogP contribution in [-0.2, 0) is 16.1 Å². The molecule has 0 amide bonds. The van der Waals surface area contributed by atoms with Gasteiger partial charge in [-0.05, 0) is 19.4 Å². The van der Waals surface area contributed by atoms with Crippen LogP contribution in [0.2, 0.25) is 0 Å². The second-order valence-corrected chi connectivity index (χ2v) is 3.92. The summed E-state index contributed by atoms with van der Waals surface area (Å²) in [6.45, 7) is 5.57. The Labute approximate surface area is 95.8 Å². The molecule has 1 atom stereocenters. The van der Waals surface area contributed by atoms with Gasteiger partial charge >= 0.3 is 5.97 Å². The summed E-state index contributed by atoms with van der Waals surface area (Å²) in [6, 6.07) is 0.129. The molecular formula is C11H19N3O2. The summed E-state index contributed by atoms with van der Waals surface area (Å²) in [5, 5.41) is 7.42. The number of aromatic nitrogens is 2. The number of nitrogens with one attached hydrogen (secondary N) is 1. The van der Waals surface area contributed by atoms with E-state index in [1.54, 1.807) is 0 Å². The molecule has 90 valence electrons. The number of carbonyl (C=O) groups excluding carboxylic acids is 1. The highest BCUT2D eigenvalue weighted by Crippen LogP contribution is 1.95. The quantitative estimate of drug-likeness (QED) is 0.725. The van der Waals surface area contributed by atoms with E-state index < -0.39 is 0 Å². The van der Waals surface area contributed by atoms with Gasteiger partial charge in [0.05, 0.1) is 26.3 Å². The van der Waals surface area contributed by atoms with E-state index in [1.165, 1.54) is 7.11 Å². The molecule has 1 rings (SSSR count). The van der Waals surface area contributed by atoms with Crippen molar-refractivity contribution in [2.24, 2.45) is 0 Å². The summed E-state index contributed by atoms with van der Waals surface area (Å²) in [4.78, 5) is 11.0. The Morgan fingerprint density at radius 1 is 1.69 bits per heavy atom. The highest BCUT2D eigenvalue weighted by atomic mass is 16.5. The summed E-state index contributed by atoms with van der Waals surface area (Å²) < 4.78 is 6.47. The Hall–Kier alpha value is -1.36. The second-order valence-electron chi connectivity index (χ2n) is 3.92. The van der Waals surface area contributed by atoms with E-state index in [-0.39, 0.29) is 12.0 Å². The summed E-state index contributed by atoms with van der Waals surface area (Å²) in [6.07, 6.45) is 4.22. The largest absolute Gasteiger partial charge is 0.469 e. The van der Waals surface area contributed by atoms with Crippen LogP contribution in [0.5, 0.6) is 0 Å². The molecule has 0 aliphatic heterocycles. The van der Waals surface area contributed by atoms with Crippen LogP contribution in [0.15, 0.2) is 12.4 Å². The lowest BCUT2D eigenvalue weighted by molar-refractivity contribution is -0.141. The van der Waals surface area contributed by atoms with Crippen LogP contribution in [0.3, 0.4) is 0 Å². The van der Waals surface area contributed by atoms with Gasteiger partial charge in [-0.2, -0.15) is 5.10 Å². The molecule has 0 aliphatic rings. The molecule has 1 heterocycles. The Morgan fingerprint density at radius 2 is 2.44 bits per heavy atom. The van der Waals surface area contributed by atoms with Gasteiger partial charge in [0, 0.05) is 18.8 Å². The average Bonchev–Trinajstić information content (AvgIpc) is 2.64. The standard InChI is InChI=1S/C11H19N3O2/c1-9-7-13-14(8-9)5-4-12-10(2)6-11(15)16-3/h7-8,10,12H,4-6H2,1-3H3. The zero-order valence-electron chi connectivity index (χ0n) is 10.1. The number of esters is 1. The van der Waals surface area contributed by atoms with E-state index >= 15 is 0 Å². The third kappa shape index (κ3) is 4.44. The average molecular weight is 225 g/mol. The van der Waals surface area contributed by atoms with Gasteiger partial charge in [0.15, 0.2) is 0 Å². The molecule has 0 radical (unpaired) electrons. The van der Waals surface area contributed by atoms with Crippen molar-refractivity contribution < 1.29 is 9.53 Å². The van der Waals surface area contributed by atoms with Gasteiger partial charge in [0.1, 0.15) is 0 Å². The van der Waals surface area contributed by atoms with Gasteiger partial charge in [0.25, 0.3) is 0 Å². The molecule has 5 heteroatoms. The lowest BCUT2D eigenvalue weighted by atomic mass is 10.2. The zero-order valence-corrected chi connectivity index (χ0v) is 10.1. The van der Waals surface area contributed by atoms with Crippen molar-refractivity contribution in [1.82, 2.24) is 15.1 Å². The molecule has 0 aromatic carbocycles. The maximum atomic E-state index is 11.0. The van der Waals surface area contributed by atoms with Crippen LogP contribution in [0, 0.1) is 6.92 Å². The Kier molecular flexibility index (Phi) is 4.98. The van der Waals surface area contributed by atoms with Gasteiger partial charge in [0.2, 0.25) is 0 Å². The van der Waals surface area contributed by atoms with Crippen molar-refractivity contribution in [2.45, 2.75) is 32.9 Å². The van der Waals surface area contributed by atoms with E-state index in [0.29, 0.717) is 6.42 Å². The Balaban J connectivity index is 2.17. The van der Waals surface area contributed by atoms with Crippen LogP contribution in [-0.4, -0.2) is 35.4 Å². The predicted octanol–water partition coefficient (Wildman–Crippen LogP) is 0.733. The van der Waals surface area contributed by atoms with Crippen LogP contribution >= 0.6 is 0 Å². The van der Waals surface area contributed by atoms with Crippen molar-refractivity contribution in [1.29, 1.82) is 0 Å². The molecule has 0 aliphatic carbocycles. The van der Waals surface area contributed by atoms with Crippen molar-refractivity contribution in [2.75, 3.05) is 13.7 Å². The summed E-state index contributed by atoms with van der Waals surface area (Å²) in [7, 11) is 1.40. The maximum Gasteiger partial charge on any atom is 0.307 e. The van der Waals surface area contributed by atoms with Crippen LogP contribution in [0.1, 0.15) is 18.9 Å². The number of carbonyl (C=O) groups is 1. The molecule has 0 saturated carbocycles. The van der Waals surface area contributed by atoms with Crippen molar-refractivity contribution in [3.8, 4) is 0 Å². The second kappa shape index (κ2) is 6.27. The van der Waals surface area contributed by atoms with Gasteiger partial charge in [-0.15, -0.1) is 0 Å². The SMILES string of the molecule is COC(=O)CC(C)NCCn1cc(C)cn1. The first-order valence-electron chi connectivity index (χ1n) is 5.41. The molecular weight excluding hydrogens is 206 g/mol. The third-order valence-electron chi connectivity index (χ3n) is 2.30. The Morgan fingerprint density at radius 3 is 3.00 bits per heavy atom. The first-order valence-corrected chi connectivity index (χ1v) is 5.41. The molecule has 1 aromatic heterocycles. The lowest BCUT2D eigenvalue weighted by Crippen LogP contribution is -2.31. The molecule has 0 bridgehead atoms. The van der Waals surface area contributed by atoms with Gasteiger partial charge in [-0.3, -0.25) is 9.48 Å². The van der Waals surface area contributed by atoms with Crippen molar-refractivity contribution in [3.63, 3.8) is 0 Å². The number of hydrogen-bond acceptors (Lipinski definition) is 4. The predicted molar refractivity (Wildman–Crippen MR) is 61.1 cm³/mol. The molecule has 0 fully saturated rings. The van der Waals surface area contributed by atoms with E-state index in [9.17, 15) is 4.79 Å². The molecule has 1 aromatic rings. The summed E-state index contributed by atoms with van der Waals surface area (Å²) in [5.74, 6) is -0.185. The minimum atomic E-state index is -0.185.